The molecule has 0 aromatic heterocycles. The molecule has 8 nitrogen and oxygen atoms in total. The van der Waals surface area contributed by atoms with Crippen LogP contribution in [0.1, 0.15) is 251 Å². The molecule has 0 spiro atoms. The predicted molar refractivity (Wildman–Crippen MR) is 290 cm³/mol. The molecule has 1 amide bonds. The second-order valence-electron chi connectivity index (χ2n) is 20.3. The van der Waals surface area contributed by atoms with Crippen molar-refractivity contribution in [1.29, 1.82) is 0 Å². The highest BCUT2D eigenvalue weighted by molar-refractivity contribution is 7.47. The maximum absolute atomic E-state index is 13.0. The van der Waals surface area contributed by atoms with Crippen LogP contribution in [0, 0.1) is 0 Å². The number of nitrogens with one attached hydrogen (secondary N) is 1. The fourth-order valence-corrected chi connectivity index (χ4v) is 8.72. The van der Waals surface area contributed by atoms with Crippen molar-refractivity contribution in [3.63, 3.8) is 0 Å². The van der Waals surface area contributed by atoms with Gasteiger partial charge in [-0.15, -0.1) is 0 Å². The zero-order valence-corrected chi connectivity index (χ0v) is 45.5. The van der Waals surface area contributed by atoms with E-state index in [0.717, 1.165) is 51.4 Å². The average molecular weight is 962 g/mol. The number of carbonyl (C=O) groups excluding carboxylic acids is 1. The Bertz CT molecular complexity index is 1270. The number of phosphoric ester groups is 1. The van der Waals surface area contributed by atoms with Gasteiger partial charge in [0, 0.05) is 6.42 Å². The summed E-state index contributed by atoms with van der Waals surface area (Å²) in [5.41, 5.74) is 0. The summed E-state index contributed by atoms with van der Waals surface area (Å²) in [6, 6.07) is -0.871. The molecule has 3 unspecified atom stereocenters. The van der Waals surface area contributed by atoms with Gasteiger partial charge in [0.1, 0.15) is 13.2 Å². The maximum atomic E-state index is 13.0. The van der Waals surface area contributed by atoms with Gasteiger partial charge in [-0.25, -0.2) is 4.57 Å². The van der Waals surface area contributed by atoms with Crippen molar-refractivity contribution in [2.45, 2.75) is 264 Å². The van der Waals surface area contributed by atoms with Gasteiger partial charge in [-0.2, -0.15) is 0 Å². The Morgan fingerprint density at radius 2 is 0.866 bits per heavy atom. The molecule has 0 aliphatic carbocycles. The fraction of sp³-hybridized carbons (Fsp3) is 0.810. The van der Waals surface area contributed by atoms with Crippen LogP contribution >= 0.6 is 7.82 Å². The highest BCUT2D eigenvalue weighted by atomic mass is 31.2. The average Bonchev–Trinajstić information content (AvgIpc) is 3.29. The smallest absolute Gasteiger partial charge is 0.387 e. The Balaban J connectivity index is 4.24. The topological polar surface area (TPSA) is 105 Å². The van der Waals surface area contributed by atoms with Crippen LogP contribution in [-0.2, 0) is 18.4 Å². The van der Waals surface area contributed by atoms with Gasteiger partial charge in [-0.1, -0.05) is 229 Å². The van der Waals surface area contributed by atoms with Crippen molar-refractivity contribution in [1.82, 2.24) is 5.32 Å². The Labute approximate surface area is 415 Å². The molecule has 9 heteroatoms. The summed E-state index contributed by atoms with van der Waals surface area (Å²) in [5, 5.41) is 13.9. The van der Waals surface area contributed by atoms with E-state index in [4.69, 9.17) is 9.05 Å². The number of likely N-dealkylation sites (N-methyl/N-ethyl adjacent to an activating group) is 1. The molecule has 0 rings (SSSR count). The van der Waals surface area contributed by atoms with Gasteiger partial charge in [-0.05, 0) is 77.0 Å². The minimum atomic E-state index is -4.36. The SMILES string of the molecule is CCCCCCC/C=C\C/C=C\CCCCCCCCCCCCCCCCCC(=O)NC(COP(=O)(O)OCC[N+](C)(C)C)C(O)/C=C/CC/C=C/CC/C=C/CCCCCCCCCC. The number of hydrogen-bond acceptors (Lipinski definition) is 5. The predicted octanol–water partition coefficient (Wildman–Crippen LogP) is 16.9. The minimum absolute atomic E-state index is 0.0525. The number of quaternary nitrogens is 1. The molecular weight excluding hydrogens is 852 g/mol. The molecular formula is C58H110N2O6P+. The molecule has 3 atom stereocenters. The third kappa shape index (κ3) is 51.9. The fourth-order valence-electron chi connectivity index (χ4n) is 7.99. The quantitative estimate of drug-likeness (QED) is 0.0243. The highest BCUT2D eigenvalue weighted by Crippen LogP contribution is 2.43. The van der Waals surface area contributed by atoms with E-state index in [1.54, 1.807) is 6.08 Å². The molecule has 0 aliphatic heterocycles. The van der Waals surface area contributed by atoms with Gasteiger partial charge >= 0.3 is 7.82 Å². The molecule has 0 aliphatic rings. The van der Waals surface area contributed by atoms with Crippen LogP contribution in [0.5, 0.6) is 0 Å². The molecule has 0 heterocycles. The van der Waals surface area contributed by atoms with E-state index in [9.17, 15) is 19.4 Å². The van der Waals surface area contributed by atoms with Gasteiger partial charge in [0.05, 0.1) is 39.9 Å². The standard InChI is InChI=1S/C58H109N2O6P/c1-6-8-10-12-14-16-18-20-22-24-26-27-28-29-30-31-32-33-34-36-38-40-42-44-46-48-50-52-58(62)59-56(55-66-67(63,64)65-54-53-60(3,4)5)57(61)51-49-47-45-43-41-39-37-35-25-23-21-19-17-15-13-11-9-7-2/h18,20,24-26,35,41,43,49,51,56-57,61H,6-17,19,21-23,27-34,36-40,42,44-48,50,52-55H2,1-5H3,(H-,59,62,63,64)/p+1/b20-18-,26-24-,35-25+,43-41+,51-49+. The second-order valence-corrected chi connectivity index (χ2v) is 21.7. The molecule has 0 saturated heterocycles. The zero-order chi connectivity index (χ0) is 49.2. The highest BCUT2D eigenvalue weighted by Gasteiger charge is 2.27. The number of aliphatic hydroxyl groups excluding tert-OH is 1. The van der Waals surface area contributed by atoms with Crippen molar-refractivity contribution in [2.75, 3.05) is 40.9 Å². The molecule has 3 N–H and O–H groups in total. The minimum Gasteiger partial charge on any atom is -0.387 e. The molecule has 0 bridgehead atoms. The first-order chi connectivity index (χ1) is 32.5. The summed E-state index contributed by atoms with van der Waals surface area (Å²) in [6.07, 6.45) is 66.0. The Kier molecular flexibility index (Phi) is 47.9. The molecule has 392 valence electrons. The molecule has 0 saturated carbocycles. The largest absolute Gasteiger partial charge is 0.472 e. The van der Waals surface area contributed by atoms with Crippen LogP contribution in [0.2, 0.25) is 0 Å². The number of carbonyl (C=O) groups is 1. The van der Waals surface area contributed by atoms with E-state index in [1.165, 1.54) is 180 Å². The summed E-state index contributed by atoms with van der Waals surface area (Å²) in [6.45, 7) is 4.79. The number of unbranched alkanes of at least 4 members (excludes halogenated alkanes) is 30. The number of amides is 1. The van der Waals surface area contributed by atoms with E-state index < -0.39 is 20.0 Å². The molecule has 0 aromatic rings. The van der Waals surface area contributed by atoms with Gasteiger partial charge in [0.15, 0.2) is 0 Å². The zero-order valence-electron chi connectivity index (χ0n) is 44.6. The van der Waals surface area contributed by atoms with Gasteiger partial charge in [0.2, 0.25) is 5.91 Å². The monoisotopic (exact) mass is 962 g/mol. The summed E-state index contributed by atoms with van der Waals surface area (Å²) in [5.74, 6) is -0.191. The lowest BCUT2D eigenvalue weighted by Gasteiger charge is -2.25. The first kappa shape index (κ1) is 65.2. The summed E-state index contributed by atoms with van der Waals surface area (Å²) in [4.78, 5) is 23.3. The normalized spacial score (nSPS) is 14.4. The van der Waals surface area contributed by atoms with Crippen LogP contribution < -0.4 is 5.32 Å². The van der Waals surface area contributed by atoms with Crippen molar-refractivity contribution >= 4 is 13.7 Å². The lowest BCUT2D eigenvalue weighted by atomic mass is 10.0. The van der Waals surface area contributed by atoms with Crippen LogP contribution in [0.3, 0.4) is 0 Å². The van der Waals surface area contributed by atoms with Crippen LogP contribution in [0.15, 0.2) is 60.8 Å². The van der Waals surface area contributed by atoms with E-state index >= 15 is 0 Å². The van der Waals surface area contributed by atoms with Crippen molar-refractivity contribution < 1.29 is 32.9 Å². The number of aliphatic hydroxyl groups is 1. The second kappa shape index (κ2) is 49.2. The first-order valence-corrected chi connectivity index (χ1v) is 29.7. The number of hydrogen-bond donors (Lipinski definition) is 3. The third-order valence-corrected chi connectivity index (χ3v) is 13.4. The van der Waals surface area contributed by atoms with Crippen LogP contribution in [0.25, 0.3) is 0 Å². The molecule has 67 heavy (non-hydrogen) atoms. The lowest BCUT2D eigenvalue weighted by Crippen LogP contribution is -2.45. The maximum Gasteiger partial charge on any atom is 0.472 e. The number of nitrogens with zero attached hydrogens (tertiary/aromatic N) is 1. The van der Waals surface area contributed by atoms with Crippen LogP contribution in [0.4, 0.5) is 0 Å². The van der Waals surface area contributed by atoms with E-state index in [2.05, 4.69) is 67.8 Å². The molecule has 0 aromatic carbocycles. The third-order valence-electron chi connectivity index (χ3n) is 12.4. The van der Waals surface area contributed by atoms with Crippen molar-refractivity contribution in [3.8, 4) is 0 Å². The summed E-state index contributed by atoms with van der Waals surface area (Å²) >= 11 is 0. The van der Waals surface area contributed by atoms with Gasteiger partial charge in [0.25, 0.3) is 0 Å². The van der Waals surface area contributed by atoms with Gasteiger partial charge in [-0.3, -0.25) is 13.8 Å². The van der Waals surface area contributed by atoms with Crippen molar-refractivity contribution in [3.05, 3.63) is 60.8 Å². The molecule has 0 fully saturated rings. The Morgan fingerprint density at radius 3 is 1.28 bits per heavy atom. The van der Waals surface area contributed by atoms with Crippen LogP contribution in [-0.4, -0.2) is 73.4 Å². The number of phosphoric acid groups is 1. The van der Waals surface area contributed by atoms with Crippen molar-refractivity contribution in [2.24, 2.45) is 0 Å². The van der Waals surface area contributed by atoms with E-state index in [-0.39, 0.29) is 19.1 Å². The van der Waals surface area contributed by atoms with E-state index in [1.807, 2.05) is 27.2 Å². The summed E-state index contributed by atoms with van der Waals surface area (Å²) in [7, 11) is 1.55. The summed E-state index contributed by atoms with van der Waals surface area (Å²) < 4.78 is 23.7. The number of rotatable bonds is 51. The Hall–Kier alpha value is -1.80. The number of allylic oxidation sites excluding steroid dienone is 9. The van der Waals surface area contributed by atoms with Gasteiger partial charge < -0.3 is 19.8 Å². The Morgan fingerprint density at radius 1 is 0.507 bits per heavy atom. The molecule has 0 radical (unpaired) electrons. The lowest BCUT2D eigenvalue weighted by molar-refractivity contribution is -0.870. The first-order valence-electron chi connectivity index (χ1n) is 28.2. The van der Waals surface area contributed by atoms with E-state index in [0.29, 0.717) is 17.4 Å².